The van der Waals surface area contributed by atoms with Crippen LogP contribution in [0, 0.1) is 6.92 Å². The first-order valence-electron chi connectivity index (χ1n) is 5.42. The number of hydrogen-bond acceptors (Lipinski definition) is 4. The van der Waals surface area contributed by atoms with Crippen LogP contribution in [0.4, 0.5) is 5.82 Å². The number of aromatic nitrogens is 2. The molecule has 1 aliphatic rings. The Balaban J connectivity index is 2.05. The molecular formula is C11H12ClN3S. The maximum atomic E-state index is 5.92. The number of fused-ring (bicyclic) bond motifs is 1. The molecule has 3 rings (SSSR count). The van der Waals surface area contributed by atoms with E-state index < -0.39 is 0 Å². The zero-order valence-electron chi connectivity index (χ0n) is 8.96. The van der Waals surface area contributed by atoms with Crippen molar-refractivity contribution in [1.29, 1.82) is 0 Å². The standard InChI is InChI=1S/C11H12ClN3S/c1-6-5-8-9(13-7-3-2-4-7)14-11(12)15-10(8)16-6/h5,7H,2-4H2,1H3,(H,13,14,15). The van der Waals surface area contributed by atoms with Crippen molar-refractivity contribution < 1.29 is 0 Å². The van der Waals surface area contributed by atoms with Gasteiger partial charge in [-0.2, -0.15) is 0 Å². The first-order chi connectivity index (χ1) is 7.72. The van der Waals surface area contributed by atoms with E-state index >= 15 is 0 Å². The summed E-state index contributed by atoms with van der Waals surface area (Å²) in [6.07, 6.45) is 3.76. The Morgan fingerprint density at radius 1 is 1.44 bits per heavy atom. The first-order valence-corrected chi connectivity index (χ1v) is 6.62. The van der Waals surface area contributed by atoms with Crippen molar-refractivity contribution in [2.75, 3.05) is 5.32 Å². The van der Waals surface area contributed by atoms with Crippen LogP contribution in [0.25, 0.3) is 10.2 Å². The van der Waals surface area contributed by atoms with Crippen LogP contribution in [0.2, 0.25) is 5.28 Å². The number of anilines is 1. The Labute approximate surface area is 103 Å². The third kappa shape index (κ3) is 1.76. The molecule has 2 heterocycles. The van der Waals surface area contributed by atoms with Gasteiger partial charge in [-0.3, -0.25) is 0 Å². The molecule has 1 fully saturated rings. The average Bonchev–Trinajstić information content (AvgIpc) is 2.51. The van der Waals surface area contributed by atoms with Crippen molar-refractivity contribution in [2.24, 2.45) is 0 Å². The minimum absolute atomic E-state index is 0.330. The minimum Gasteiger partial charge on any atom is -0.367 e. The smallest absolute Gasteiger partial charge is 0.225 e. The van der Waals surface area contributed by atoms with E-state index in [0.29, 0.717) is 11.3 Å². The number of halogens is 1. The van der Waals surface area contributed by atoms with Gasteiger partial charge in [0.1, 0.15) is 10.6 Å². The molecule has 0 aliphatic heterocycles. The molecule has 84 valence electrons. The molecule has 1 aliphatic carbocycles. The van der Waals surface area contributed by atoms with Gasteiger partial charge >= 0.3 is 0 Å². The first kappa shape index (κ1) is 10.3. The second-order valence-corrected chi connectivity index (χ2v) is 5.76. The van der Waals surface area contributed by atoms with E-state index in [2.05, 4.69) is 28.3 Å². The van der Waals surface area contributed by atoms with Crippen LogP contribution >= 0.6 is 22.9 Å². The number of aryl methyl sites for hydroxylation is 1. The van der Waals surface area contributed by atoms with Gasteiger partial charge < -0.3 is 5.32 Å². The molecule has 0 bridgehead atoms. The van der Waals surface area contributed by atoms with Gasteiger partial charge in [0, 0.05) is 10.9 Å². The summed E-state index contributed by atoms with van der Waals surface area (Å²) in [5, 5.41) is 4.87. The maximum absolute atomic E-state index is 5.92. The number of thiophene rings is 1. The topological polar surface area (TPSA) is 37.8 Å². The normalized spacial score (nSPS) is 16.4. The fourth-order valence-electron chi connectivity index (χ4n) is 1.87. The lowest BCUT2D eigenvalue weighted by Gasteiger charge is -2.27. The summed E-state index contributed by atoms with van der Waals surface area (Å²) in [6, 6.07) is 2.69. The van der Waals surface area contributed by atoms with Crippen molar-refractivity contribution in [3.63, 3.8) is 0 Å². The zero-order chi connectivity index (χ0) is 11.1. The Kier molecular flexibility index (Phi) is 2.48. The number of nitrogens with one attached hydrogen (secondary N) is 1. The van der Waals surface area contributed by atoms with E-state index in [9.17, 15) is 0 Å². The summed E-state index contributed by atoms with van der Waals surface area (Å²) in [7, 11) is 0. The summed E-state index contributed by atoms with van der Waals surface area (Å²) in [5.74, 6) is 0.893. The Bertz CT molecular complexity index is 533. The van der Waals surface area contributed by atoms with Gasteiger partial charge in [-0.05, 0) is 43.9 Å². The largest absolute Gasteiger partial charge is 0.367 e. The molecule has 0 aromatic carbocycles. The maximum Gasteiger partial charge on any atom is 0.225 e. The van der Waals surface area contributed by atoms with Crippen LogP contribution in [-0.2, 0) is 0 Å². The molecule has 0 spiro atoms. The van der Waals surface area contributed by atoms with Crippen molar-refractivity contribution in [3.8, 4) is 0 Å². The molecule has 0 atom stereocenters. The number of hydrogen-bond donors (Lipinski definition) is 1. The SMILES string of the molecule is Cc1cc2c(NC3CCC3)nc(Cl)nc2s1. The van der Waals surface area contributed by atoms with Crippen LogP contribution in [0.3, 0.4) is 0 Å². The molecule has 2 aromatic heterocycles. The molecule has 2 aromatic rings. The van der Waals surface area contributed by atoms with Gasteiger partial charge in [0.15, 0.2) is 0 Å². The van der Waals surface area contributed by atoms with E-state index in [-0.39, 0.29) is 0 Å². The highest BCUT2D eigenvalue weighted by Crippen LogP contribution is 2.31. The highest BCUT2D eigenvalue weighted by Gasteiger charge is 2.19. The second kappa shape index (κ2) is 3.86. The third-order valence-electron chi connectivity index (χ3n) is 2.93. The molecule has 5 heteroatoms. The summed E-state index contributed by atoms with van der Waals surface area (Å²) >= 11 is 7.58. The Hall–Kier alpha value is -0.870. The average molecular weight is 254 g/mol. The second-order valence-electron chi connectivity index (χ2n) is 4.19. The fraction of sp³-hybridized carbons (Fsp3) is 0.455. The van der Waals surface area contributed by atoms with Crippen LogP contribution in [0.5, 0.6) is 0 Å². The molecule has 16 heavy (non-hydrogen) atoms. The van der Waals surface area contributed by atoms with Crippen molar-refractivity contribution in [1.82, 2.24) is 9.97 Å². The molecule has 0 radical (unpaired) electrons. The minimum atomic E-state index is 0.330. The summed E-state index contributed by atoms with van der Waals surface area (Å²) < 4.78 is 0. The molecule has 0 amide bonds. The quantitative estimate of drug-likeness (QED) is 0.831. The fourth-order valence-corrected chi connectivity index (χ4v) is 2.97. The molecular weight excluding hydrogens is 242 g/mol. The molecule has 1 N–H and O–H groups in total. The summed E-state index contributed by atoms with van der Waals surface area (Å²) in [4.78, 5) is 10.7. The molecule has 1 saturated carbocycles. The van der Waals surface area contributed by atoms with E-state index in [1.165, 1.54) is 24.1 Å². The highest BCUT2D eigenvalue weighted by molar-refractivity contribution is 7.18. The van der Waals surface area contributed by atoms with Gasteiger partial charge in [-0.25, -0.2) is 9.97 Å². The van der Waals surface area contributed by atoms with Gasteiger partial charge in [0.25, 0.3) is 0 Å². The predicted molar refractivity (Wildman–Crippen MR) is 68.4 cm³/mol. The predicted octanol–water partition coefficient (Wildman–Crippen LogP) is 3.62. The van der Waals surface area contributed by atoms with Crippen molar-refractivity contribution in [3.05, 3.63) is 16.2 Å². The number of nitrogens with zero attached hydrogens (tertiary/aromatic N) is 2. The molecule has 3 nitrogen and oxygen atoms in total. The zero-order valence-corrected chi connectivity index (χ0v) is 10.5. The third-order valence-corrected chi connectivity index (χ3v) is 4.05. The van der Waals surface area contributed by atoms with Crippen LogP contribution in [0.15, 0.2) is 6.07 Å². The lowest BCUT2D eigenvalue weighted by molar-refractivity contribution is 0.445. The Morgan fingerprint density at radius 3 is 2.94 bits per heavy atom. The Morgan fingerprint density at radius 2 is 2.25 bits per heavy atom. The lowest BCUT2D eigenvalue weighted by Crippen LogP contribution is -2.27. The summed E-state index contributed by atoms with van der Waals surface area (Å²) in [5.41, 5.74) is 0. The highest BCUT2D eigenvalue weighted by atomic mass is 35.5. The van der Waals surface area contributed by atoms with E-state index in [0.717, 1.165) is 16.0 Å². The van der Waals surface area contributed by atoms with Crippen molar-refractivity contribution >= 4 is 39.0 Å². The van der Waals surface area contributed by atoms with Gasteiger partial charge in [-0.1, -0.05) is 0 Å². The van der Waals surface area contributed by atoms with Crippen molar-refractivity contribution in [2.45, 2.75) is 32.2 Å². The number of rotatable bonds is 2. The van der Waals surface area contributed by atoms with E-state index in [1.807, 2.05) is 0 Å². The molecule has 0 saturated heterocycles. The van der Waals surface area contributed by atoms with Crippen LogP contribution in [-0.4, -0.2) is 16.0 Å². The molecule has 0 unspecified atom stereocenters. The van der Waals surface area contributed by atoms with Crippen LogP contribution in [0.1, 0.15) is 24.1 Å². The van der Waals surface area contributed by atoms with E-state index in [4.69, 9.17) is 11.6 Å². The van der Waals surface area contributed by atoms with E-state index in [1.54, 1.807) is 11.3 Å². The lowest BCUT2D eigenvalue weighted by atomic mass is 9.93. The van der Waals surface area contributed by atoms with Gasteiger partial charge in [0.2, 0.25) is 5.28 Å². The summed E-state index contributed by atoms with van der Waals surface area (Å²) in [6.45, 7) is 2.08. The van der Waals surface area contributed by atoms with Gasteiger partial charge in [-0.15, -0.1) is 11.3 Å². The van der Waals surface area contributed by atoms with Gasteiger partial charge in [0.05, 0.1) is 5.39 Å². The van der Waals surface area contributed by atoms with Crippen LogP contribution < -0.4 is 5.32 Å². The monoisotopic (exact) mass is 253 g/mol.